The number of hydrogen-bond acceptors (Lipinski definition) is 6. The Bertz CT molecular complexity index is 633. The third-order valence-electron chi connectivity index (χ3n) is 2.86. The fourth-order valence-electron chi connectivity index (χ4n) is 1.81. The van der Waals surface area contributed by atoms with Gasteiger partial charge in [-0.15, -0.1) is 11.3 Å². The zero-order valence-corrected chi connectivity index (χ0v) is 12.3. The highest BCUT2D eigenvalue weighted by atomic mass is 32.1. The summed E-state index contributed by atoms with van der Waals surface area (Å²) in [4.78, 5) is 15.6. The molecule has 0 saturated carbocycles. The molecule has 2 aromatic rings. The van der Waals surface area contributed by atoms with Gasteiger partial charge in [0.15, 0.2) is 10.8 Å². The number of thiophene rings is 1. The molecule has 0 aliphatic rings. The molecule has 20 heavy (non-hydrogen) atoms. The monoisotopic (exact) mass is 296 g/mol. The highest BCUT2D eigenvalue weighted by Crippen LogP contribution is 2.36. The number of hydrogen-bond donors (Lipinski definition) is 1. The Labute approximate surface area is 120 Å². The lowest BCUT2D eigenvalue weighted by molar-refractivity contribution is -0.384. The average Bonchev–Trinajstić information content (AvgIpc) is 3.01. The van der Waals surface area contributed by atoms with Crippen molar-refractivity contribution in [2.75, 3.05) is 0 Å². The molecule has 0 spiro atoms. The maximum atomic E-state index is 11.2. The fraction of sp³-hybridized carbons (Fsp3) is 0.500. The minimum absolute atomic E-state index is 0.0480. The number of aromatic nitrogens is 3. The molecule has 2 rings (SSSR count). The van der Waals surface area contributed by atoms with E-state index >= 15 is 0 Å². The predicted molar refractivity (Wildman–Crippen MR) is 75.3 cm³/mol. The molecule has 1 N–H and O–H groups in total. The second kappa shape index (κ2) is 5.68. The van der Waals surface area contributed by atoms with Crippen molar-refractivity contribution >= 4 is 17.0 Å². The van der Waals surface area contributed by atoms with E-state index in [1.54, 1.807) is 6.92 Å². The van der Waals surface area contributed by atoms with Gasteiger partial charge in [-0.1, -0.05) is 13.8 Å². The van der Waals surface area contributed by atoms with Crippen molar-refractivity contribution in [1.29, 1.82) is 0 Å². The summed E-state index contributed by atoms with van der Waals surface area (Å²) in [5, 5.41) is 25.5. The van der Waals surface area contributed by atoms with Crippen molar-refractivity contribution in [2.24, 2.45) is 0 Å². The van der Waals surface area contributed by atoms with Crippen LogP contribution in [0.2, 0.25) is 0 Å². The van der Waals surface area contributed by atoms with Crippen LogP contribution in [0.15, 0.2) is 6.07 Å². The first kappa shape index (κ1) is 14.6. The van der Waals surface area contributed by atoms with Crippen molar-refractivity contribution in [2.45, 2.75) is 39.7 Å². The molecule has 0 fully saturated rings. The van der Waals surface area contributed by atoms with E-state index in [9.17, 15) is 15.2 Å². The summed E-state index contributed by atoms with van der Waals surface area (Å²) in [6, 6.07) is 1.40. The molecule has 0 aliphatic heterocycles. The first-order valence-corrected chi connectivity index (χ1v) is 7.20. The number of nitro groups is 1. The van der Waals surface area contributed by atoms with Gasteiger partial charge in [0.2, 0.25) is 0 Å². The SMILES string of the molecule is CCc1nc(CC)n(-c2sc(C(C)O)cc2[N+](=O)[O-])n1. The molecule has 1 unspecified atom stereocenters. The van der Waals surface area contributed by atoms with E-state index in [1.807, 2.05) is 13.8 Å². The number of aryl methyl sites for hydroxylation is 2. The lowest BCUT2D eigenvalue weighted by Gasteiger charge is -2.00. The minimum Gasteiger partial charge on any atom is -0.388 e. The maximum absolute atomic E-state index is 11.2. The number of rotatable bonds is 5. The third kappa shape index (κ3) is 2.56. The standard InChI is InChI=1S/C12H16N4O3S/c1-4-10-13-11(5-2)15(14-10)12-8(16(18)19)6-9(20-12)7(3)17/h6-7,17H,4-5H2,1-3H3. The van der Waals surface area contributed by atoms with E-state index in [2.05, 4.69) is 10.1 Å². The quantitative estimate of drug-likeness (QED) is 0.675. The largest absolute Gasteiger partial charge is 0.388 e. The van der Waals surface area contributed by atoms with Crippen LogP contribution in [-0.4, -0.2) is 24.8 Å². The molecule has 0 aliphatic carbocycles. The Hall–Kier alpha value is -1.80. The van der Waals surface area contributed by atoms with E-state index in [0.29, 0.717) is 34.4 Å². The van der Waals surface area contributed by atoms with Crippen LogP contribution in [0.4, 0.5) is 5.69 Å². The zero-order chi connectivity index (χ0) is 14.9. The normalized spacial score (nSPS) is 12.6. The summed E-state index contributed by atoms with van der Waals surface area (Å²) in [6.45, 7) is 5.44. The van der Waals surface area contributed by atoms with E-state index in [-0.39, 0.29) is 5.69 Å². The van der Waals surface area contributed by atoms with Crippen LogP contribution in [0.3, 0.4) is 0 Å². The van der Waals surface area contributed by atoms with Gasteiger partial charge in [0, 0.05) is 23.8 Å². The molecule has 0 bridgehead atoms. The lowest BCUT2D eigenvalue weighted by Crippen LogP contribution is -2.02. The summed E-state index contributed by atoms with van der Waals surface area (Å²) >= 11 is 1.17. The smallest absolute Gasteiger partial charge is 0.306 e. The predicted octanol–water partition coefficient (Wildman–Crippen LogP) is 2.42. The van der Waals surface area contributed by atoms with E-state index in [1.165, 1.54) is 22.1 Å². The van der Waals surface area contributed by atoms with Gasteiger partial charge in [-0.05, 0) is 6.92 Å². The summed E-state index contributed by atoms with van der Waals surface area (Å²) in [5.74, 6) is 1.34. The van der Waals surface area contributed by atoms with Gasteiger partial charge < -0.3 is 5.11 Å². The molecule has 0 saturated heterocycles. The molecule has 1 atom stereocenters. The molecule has 0 aromatic carbocycles. The molecular weight excluding hydrogens is 280 g/mol. The molecule has 2 heterocycles. The summed E-state index contributed by atoms with van der Waals surface area (Å²) in [6.07, 6.45) is 0.556. The van der Waals surface area contributed by atoms with Crippen molar-refractivity contribution in [1.82, 2.24) is 14.8 Å². The Morgan fingerprint density at radius 3 is 2.70 bits per heavy atom. The summed E-state index contributed by atoms with van der Waals surface area (Å²) < 4.78 is 1.52. The van der Waals surface area contributed by atoms with E-state index in [0.717, 1.165) is 0 Å². The van der Waals surface area contributed by atoms with E-state index in [4.69, 9.17) is 0 Å². The van der Waals surface area contributed by atoms with Crippen LogP contribution in [0.5, 0.6) is 0 Å². The number of aliphatic hydroxyl groups is 1. The van der Waals surface area contributed by atoms with E-state index < -0.39 is 11.0 Å². The molecule has 7 nitrogen and oxygen atoms in total. The highest BCUT2D eigenvalue weighted by Gasteiger charge is 2.25. The van der Waals surface area contributed by atoms with Gasteiger partial charge in [0.1, 0.15) is 5.82 Å². The van der Waals surface area contributed by atoms with Crippen LogP contribution in [-0.2, 0) is 12.8 Å². The number of aliphatic hydroxyl groups excluding tert-OH is 1. The van der Waals surface area contributed by atoms with Gasteiger partial charge in [-0.2, -0.15) is 5.10 Å². The Morgan fingerprint density at radius 2 is 2.20 bits per heavy atom. The van der Waals surface area contributed by atoms with Crippen molar-refractivity contribution in [3.8, 4) is 5.00 Å². The molecule has 0 radical (unpaired) electrons. The van der Waals surface area contributed by atoms with Crippen molar-refractivity contribution < 1.29 is 10.0 Å². The van der Waals surface area contributed by atoms with Gasteiger partial charge in [0.25, 0.3) is 0 Å². The van der Waals surface area contributed by atoms with Gasteiger partial charge in [-0.25, -0.2) is 9.67 Å². The van der Waals surface area contributed by atoms with Crippen LogP contribution >= 0.6 is 11.3 Å². The molecular formula is C12H16N4O3S. The lowest BCUT2D eigenvalue weighted by atomic mass is 10.3. The maximum Gasteiger partial charge on any atom is 0.306 e. The Kier molecular flexibility index (Phi) is 4.15. The third-order valence-corrected chi connectivity index (χ3v) is 4.13. The fourth-order valence-corrected chi connectivity index (χ4v) is 2.85. The summed E-state index contributed by atoms with van der Waals surface area (Å²) in [7, 11) is 0. The second-order valence-electron chi connectivity index (χ2n) is 4.34. The topological polar surface area (TPSA) is 94.1 Å². The number of nitrogens with zero attached hydrogens (tertiary/aromatic N) is 4. The van der Waals surface area contributed by atoms with Crippen LogP contribution in [0, 0.1) is 10.1 Å². The van der Waals surface area contributed by atoms with Gasteiger partial charge in [0.05, 0.1) is 11.0 Å². The highest BCUT2D eigenvalue weighted by molar-refractivity contribution is 7.15. The molecule has 8 heteroatoms. The van der Waals surface area contributed by atoms with Crippen molar-refractivity contribution in [3.63, 3.8) is 0 Å². The Morgan fingerprint density at radius 1 is 1.50 bits per heavy atom. The van der Waals surface area contributed by atoms with Crippen molar-refractivity contribution in [3.05, 3.63) is 32.7 Å². The second-order valence-corrected chi connectivity index (χ2v) is 5.40. The van der Waals surface area contributed by atoms with Crippen LogP contribution < -0.4 is 0 Å². The van der Waals surface area contributed by atoms with Gasteiger partial charge in [-0.3, -0.25) is 10.1 Å². The van der Waals surface area contributed by atoms with Gasteiger partial charge >= 0.3 is 5.69 Å². The Balaban J connectivity index is 2.61. The first-order chi connectivity index (χ1) is 9.47. The zero-order valence-electron chi connectivity index (χ0n) is 11.5. The molecule has 2 aromatic heterocycles. The molecule has 108 valence electrons. The van der Waals surface area contributed by atoms with Crippen LogP contribution in [0.1, 0.15) is 43.4 Å². The average molecular weight is 296 g/mol. The minimum atomic E-state index is -0.744. The summed E-state index contributed by atoms with van der Waals surface area (Å²) in [5.41, 5.74) is -0.0480. The first-order valence-electron chi connectivity index (χ1n) is 6.39. The van der Waals surface area contributed by atoms with Crippen LogP contribution in [0.25, 0.3) is 5.00 Å². The molecule has 0 amide bonds.